The Bertz CT molecular complexity index is 1050. The molecule has 0 saturated carbocycles. The van der Waals surface area contributed by atoms with Crippen LogP contribution >= 0.6 is 0 Å². The highest BCUT2D eigenvalue weighted by atomic mass is 16.2. The van der Waals surface area contributed by atoms with Crippen LogP contribution in [0.2, 0.25) is 0 Å². The summed E-state index contributed by atoms with van der Waals surface area (Å²) in [6.45, 7) is 0.551. The van der Waals surface area contributed by atoms with Crippen LogP contribution in [0.4, 0.5) is 11.6 Å². The maximum Gasteiger partial charge on any atom is 0.265 e. The molecule has 2 heterocycles. The summed E-state index contributed by atoms with van der Waals surface area (Å²) in [4.78, 5) is 18.6. The number of amides is 1. The molecule has 0 unspecified atom stereocenters. The maximum absolute atomic E-state index is 11.5. The van der Waals surface area contributed by atoms with Crippen molar-refractivity contribution in [2.24, 2.45) is 5.84 Å². The van der Waals surface area contributed by atoms with Crippen LogP contribution < -0.4 is 16.6 Å². The van der Waals surface area contributed by atoms with Gasteiger partial charge < -0.3 is 10.3 Å². The molecule has 4 rings (SSSR count). The van der Waals surface area contributed by atoms with Crippen LogP contribution in [0.25, 0.3) is 11.3 Å². The fourth-order valence-electron chi connectivity index (χ4n) is 2.73. The molecular weight excluding hydrogens is 356 g/mol. The second kappa shape index (κ2) is 7.72. The van der Waals surface area contributed by atoms with Gasteiger partial charge in [-0.2, -0.15) is 0 Å². The van der Waals surface area contributed by atoms with Gasteiger partial charge in [0.1, 0.15) is 5.69 Å². The van der Waals surface area contributed by atoms with Crippen LogP contribution in [-0.4, -0.2) is 30.9 Å². The van der Waals surface area contributed by atoms with Crippen molar-refractivity contribution in [3.05, 3.63) is 78.2 Å². The lowest BCUT2D eigenvalue weighted by Gasteiger charge is -2.04. The van der Waals surface area contributed by atoms with Crippen LogP contribution in [0.15, 0.2) is 67.1 Å². The number of hydrogen-bond donors (Lipinski definition) is 4. The van der Waals surface area contributed by atoms with Crippen molar-refractivity contribution in [1.82, 2.24) is 30.4 Å². The SMILES string of the molecule is NNC(=O)c1ccc(Cn2cc(-c3ccc(Nc4ncc[nH]4)cc3)nn2)cc1. The van der Waals surface area contributed by atoms with Crippen LogP contribution in [0, 0.1) is 0 Å². The Balaban J connectivity index is 1.43. The summed E-state index contributed by atoms with van der Waals surface area (Å²) in [6.07, 6.45) is 5.33. The van der Waals surface area contributed by atoms with Crippen LogP contribution in [-0.2, 0) is 6.54 Å². The summed E-state index contributed by atoms with van der Waals surface area (Å²) in [5.41, 5.74) is 6.29. The van der Waals surface area contributed by atoms with Gasteiger partial charge in [0.05, 0.1) is 12.7 Å². The lowest BCUT2D eigenvalue weighted by Crippen LogP contribution is -2.29. The van der Waals surface area contributed by atoms with Crippen molar-refractivity contribution in [3.63, 3.8) is 0 Å². The fourth-order valence-corrected chi connectivity index (χ4v) is 2.73. The molecule has 0 atom stereocenters. The average Bonchev–Trinajstić information content (AvgIpc) is 3.41. The highest BCUT2D eigenvalue weighted by Gasteiger charge is 2.07. The van der Waals surface area contributed by atoms with Crippen molar-refractivity contribution in [2.45, 2.75) is 6.54 Å². The number of imidazole rings is 1. The molecule has 0 fully saturated rings. The largest absolute Gasteiger partial charge is 0.331 e. The molecule has 0 saturated heterocycles. The average molecular weight is 374 g/mol. The number of nitrogens with zero attached hydrogens (tertiary/aromatic N) is 4. The van der Waals surface area contributed by atoms with E-state index in [4.69, 9.17) is 5.84 Å². The Morgan fingerprint density at radius 1 is 1.11 bits per heavy atom. The third-order valence-electron chi connectivity index (χ3n) is 4.17. The summed E-state index contributed by atoms with van der Waals surface area (Å²) in [5, 5.41) is 11.6. The van der Waals surface area contributed by atoms with E-state index in [0.717, 1.165) is 22.5 Å². The van der Waals surface area contributed by atoms with Crippen molar-refractivity contribution in [1.29, 1.82) is 0 Å². The number of carbonyl (C=O) groups excluding carboxylic acids is 1. The molecule has 9 nitrogen and oxygen atoms in total. The van der Waals surface area contributed by atoms with Gasteiger partial charge in [0.25, 0.3) is 5.91 Å². The fraction of sp³-hybridized carbons (Fsp3) is 0.0526. The van der Waals surface area contributed by atoms with Gasteiger partial charge in [-0.05, 0) is 29.8 Å². The van der Waals surface area contributed by atoms with Crippen molar-refractivity contribution < 1.29 is 4.79 Å². The molecule has 4 aromatic rings. The normalized spacial score (nSPS) is 10.6. The summed E-state index contributed by atoms with van der Waals surface area (Å²) >= 11 is 0. The zero-order valence-corrected chi connectivity index (χ0v) is 14.8. The van der Waals surface area contributed by atoms with E-state index in [9.17, 15) is 4.79 Å². The first-order valence-corrected chi connectivity index (χ1v) is 8.58. The van der Waals surface area contributed by atoms with E-state index >= 15 is 0 Å². The van der Waals surface area contributed by atoms with E-state index in [2.05, 4.69) is 31.0 Å². The van der Waals surface area contributed by atoms with Crippen molar-refractivity contribution in [3.8, 4) is 11.3 Å². The molecule has 0 bridgehead atoms. The number of aromatic amines is 1. The Morgan fingerprint density at radius 2 is 1.89 bits per heavy atom. The Morgan fingerprint density at radius 3 is 2.57 bits per heavy atom. The van der Waals surface area contributed by atoms with Crippen molar-refractivity contribution in [2.75, 3.05) is 5.32 Å². The molecule has 0 spiro atoms. The molecule has 2 aromatic heterocycles. The third-order valence-corrected chi connectivity index (χ3v) is 4.17. The summed E-state index contributed by atoms with van der Waals surface area (Å²) in [7, 11) is 0. The summed E-state index contributed by atoms with van der Waals surface area (Å²) in [6, 6.07) is 15.0. The number of rotatable bonds is 6. The molecule has 0 aliphatic rings. The van der Waals surface area contributed by atoms with E-state index in [1.54, 1.807) is 29.2 Å². The summed E-state index contributed by atoms with van der Waals surface area (Å²) in [5.74, 6) is 5.50. The second-order valence-electron chi connectivity index (χ2n) is 6.11. The first-order valence-electron chi connectivity index (χ1n) is 8.58. The minimum absolute atomic E-state index is 0.320. The van der Waals surface area contributed by atoms with Gasteiger partial charge in [0.15, 0.2) is 0 Å². The number of carbonyl (C=O) groups is 1. The number of hydrogen-bond acceptors (Lipinski definition) is 6. The van der Waals surface area contributed by atoms with Crippen LogP contribution in [0.5, 0.6) is 0 Å². The van der Waals surface area contributed by atoms with Gasteiger partial charge in [-0.25, -0.2) is 15.5 Å². The Kier molecular flexibility index (Phi) is 4.81. The van der Waals surface area contributed by atoms with Gasteiger partial charge in [0, 0.05) is 29.2 Å². The monoisotopic (exact) mass is 374 g/mol. The lowest BCUT2D eigenvalue weighted by atomic mass is 10.1. The minimum Gasteiger partial charge on any atom is -0.331 e. The van der Waals surface area contributed by atoms with Gasteiger partial charge in [-0.15, -0.1) is 5.10 Å². The predicted octanol–water partition coefficient (Wildman–Crippen LogP) is 2.06. The number of hydrazine groups is 1. The van der Waals surface area contributed by atoms with Gasteiger partial charge in [0.2, 0.25) is 5.95 Å². The molecule has 5 N–H and O–H groups in total. The Labute approximate surface area is 160 Å². The van der Waals surface area contributed by atoms with E-state index < -0.39 is 0 Å². The van der Waals surface area contributed by atoms with E-state index in [0.29, 0.717) is 18.1 Å². The smallest absolute Gasteiger partial charge is 0.265 e. The predicted molar refractivity (Wildman–Crippen MR) is 105 cm³/mol. The molecule has 9 heteroatoms. The van der Waals surface area contributed by atoms with Gasteiger partial charge >= 0.3 is 0 Å². The second-order valence-corrected chi connectivity index (χ2v) is 6.11. The number of nitrogen functional groups attached to an aromatic ring is 1. The highest BCUT2D eigenvalue weighted by molar-refractivity contribution is 5.93. The minimum atomic E-state index is -0.320. The van der Waals surface area contributed by atoms with Gasteiger partial charge in [-0.1, -0.05) is 29.5 Å². The van der Waals surface area contributed by atoms with Crippen molar-refractivity contribution >= 4 is 17.5 Å². The highest BCUT2D eigenvalue weighted by Crippen LogP contribution is 2.20. The van der Waals surface area contributed by atoms with Crippen LogP contribution in [0.1, 0.15) is 15.9 Å². The van der Waals surface area contributed by atoms with E-state index in [1.165, 1.54) is 0 Å². The first kappa shape index (κ1) is 17.4. The molecule has 28 heavy (non-hydrogen) atoms. The number of benzene rings is 2. The number of aromatic nitrogens is 5. The molecule has 0 radical (unpaired) electrons. The zero-order chi connectivity index (χ0) is 19.3. The first-order chi connectivity index (χ1) is 13.7. The van der Waals surface area contributed by atoms with Crippen LogP contribution in [0.3, 0.4) is 0 Å². The molecule has 2 aromatic carbocycles. The number of anilines is 2. The molecule has 0 aliphatic heterocycles. The zero-order valence-electron chi connectivity index (χ0n) is 14.8. The third kappa shape index (κ3) is 3.89. The van der Waals surface area contributed by atoms with E-state index in [1.807, 2.05) is 42.6 Å². The maximum atomic E-state index is 11.5. The molecular formula is C19H18N8O. The molecule has 0 aliphatic carbocycles. The molecule has 1 amide bonds. The summed E-state index contributed by atoms with van der Waals surface area (Å²) < 4.78 is 1.75. The lowest BCUT2D eigenvalue weighted by molar-refractivity contribution is 0.0953. The Hall–Kier alpha value is -3.98. The standard InChI is InChI=1S/C19H18N8O/c20-24-18(28)15-3-1-13(2-4-15)11-27-12-17(25-26-27)14-5-7-16(8-6-14)23-19-21-9-10-22-19/h1-10,12H,11,20H2,(H,24,28)(H2,21,22,23). The number of H-pyrrole nitrogens is 1. The number of nitrogens with two attached hydrogens (primary N) is 1. The van der Waals surface area contributed by atoms with E-state index in [-0.39, 0.29) is 5.91 Å². The topological polar surface area (TPSA) is 127 Å². The quantitative estimate of drug-likeness (QED) is 0.232. The van der Waals surface area contributed by atoms with Gasteiger partial charge in [-0.3, -0.25) is 10.2 Å². The number of nitrogens with one attached hydrogen (secondary N) is 3. The molecule has 140 valence electrons.